The highest BCUT2D eigenvalue weighted by molar-refractivity contribution is 7.80. The predicted octanol–water partition coefficient (Wildman–Crippen LogP) is 1.70. The van der Waals surface area contributed by atoms with Crippen LogP contribution in [0.4, 0.5) is 11.5 Å². The van der Waals surface area contributed by atoms with E-state index in [0.29, 0.717) is 59.3 Å². The van der Waals surface area contributed by atoms with E-state index in [4.69, 9.17) is 21.7 Å². The Hall–Kier alpha value is -4.19. The smallest absolute Gasteiger partial charge is 0.270 e. The summed E-state index contributed by atoms with van der Waals surface area (Å²) in [5.74, 6) is 2.07. The van der Waals surface area contributed by atoms with Crippen LogP contribution in [0.15, 0.2) is 46.2 Å². The first-order chi connectivity index (χ1) is 17.0. The third-order valence-corrected chi connectivity index (χ3v) is 6.40. The van der Waals surface area contributed by atoms with Crippen LogP contribution < -0.4 is 30.8 Å². The zero-order valence-corrected chi connectivity index (χ0v) is 19.9. The third-order valence-electron chi connectivity index (χ3n) is 6.04. The summed E-state index contributed by atoms with van der Waals surface area (Å²) in [7, 11) is 3.20. The molecule has 0 radical (unpaired) electrons. The zero-order valence-electron chi connectivity index (χ0n) is 19.1. The normalized spacial score (nSPS) is 13.8. The molecule has 0 amide bonds. The first-order valence-corrected chi connectivity index (χ1v) is 11.3. The van der Waals surface area contributed by atoms with Gasteiger partial charge in [0.2, 0.25) is 0 Å². The highest BCUT2D eigenvalue weighted by Gasteiger charge is 2.22. The first kappa shape index (κ1) is 22.6. The maximum absolute atomic E-state index is 12.1. The number of thiocarbonyl (C=S) groups is 1. The molecule has 0 bridgehead atoms. The number of hydrogen-bond donors (Lipinski definition) is 3. The minimum atomic E-state index is -0.367. The maximum Gasteiger partial charge on any atom is 0.270 e. The molecule has 0 unspecified atom stereocenters. The molecule has 0 saturated carbocycles. The van der Waals surface area contributed by atoms with Gasteiger partial charge in [-0.25, -0.2) is 9.97 Å². The van der Waals surface area contributed by atoms with Crippen LogP contribution in [0.5, 0.6) is 11.5 Å². The molecular formula is C23H23N7O4S. The van der Waals surface area contributed by atoms with Gasteiger partial charge in [0.25, 0.3) is 11.1 Å². The summed E-state index contributed by atoms with van der Waals surface area (Å²) in [4.78, 5) is 37.2. The molecule has 0 atom stereocenters. The third kappa shape index (κ3) is 4.23. The lowest BCUT2D eigenvalue weighted by molar-refractivity contribution is 0.355. The molecule has 180 valence electrons. The van der Waals surface area contributed by atoms with Crippen molar-refractivity contribution in [2.45, 2.75) is 0 Å². The van der Waals surface area contributed by atoms with Gasteiger partial charge in [0.15, 0.2) is 16.6 Å². The van der Waals surface area contributed by atoms with Crippen molar-refractivity contribution in [3.8, 4) is 11.5 Å². The zero-order chi connectivity index (χ0) is 24.5. The number of piperazine rings is 1. The maximum atomic E-state index is 12.1. The Bertz CT molecular complexity index is 1540. The van der Waals surface area contributed by atoms with Crippen LogP contribution in [-0.4, -0.2) is 70.6 Å². The Labute approximate surface area is 204 Å². The standard InChI is InChI=1S/C23H23N7O4S/c1-33-18-10-16-17(11-19(18)34-2)24-12-25-20(16)29-5-7-30(8-6-29)23(35)26-13-3-4-14-15(9-13)22(32)28-27-21(14)31/h3-4,9-12H,5-8H2,1-2H3,(H,26,35)(H,27,31)(H,28,32). The van der Waals surface area contributed by atoms with Gasteiger partial charge in [-0.3, -0.25) is 19.8 Å². The molecule has 3 heterocycles. The Morgan fingerprint density at radius 2 is 1.60 bits per heavy atom. The second kappa shape index (κ2) is 9.22. The van der Waals surface area contributed by atoms with Gasteiger partial charge < -0.3 is 24.6 Å². The van der Waals surface area contributed by atoms with E-state index in [1.807, 2.05) is 12.1 Å². The topological polar surface area (TPSA) is 128 Å². The largest absolute Gasteiger partial charge is 0.493 e. The summed E-state index contributed by atoms with van der Waals surface area (Å²) in [5, 5.41) is 9.89. The number of H-pyrrole nitrogens is 2. The van der Waals surface area contributed by atoms with Crippen LogP contribution >= 0.6 is 12.2 Å². The van der Waals surface area contributed by atoms with Crippen LogP contribution in [0.1, 0.15) is 0 Å². The molecule has 12 heteroatoms. The van der Waals surface area contributed by atoms with Gasteiger partial charge in [-0.05, 0) is 36.5 Å². The number of methoxy groups -OCH3 is 2. The minimum absolute atomic E-state index is 0.300. The van der Waals surface area contributed by atoms with Crippen LogP contribution in [-0.2, 0) is 0 Å². The van der Waals surface area contributed by atoms with Crippen molar-refractivity contribution >= 4 is 50.5 Å². The second-order valence-corrected chi connectivity index (χ2v) is 8.38. The van der Waals surface area contributed by atoms with E-state index in [1.165, 1.54) is 0 Å². The predicted molar refractivity (Wildman–Crippen MR) is 138 cm³/mol. The van der Waals surface area contributed by atoms with Gasteiger partial charge in [0.1, 0.15) is 12.1 Å². The summed E-state index contributed by atoms with van der Waals surface area (Å²) >= 11 is 5.62. The number of aromatic nitrogens is 4. The second-order valence-electron chi connectivity index (χ2n) is 7.99. The number of rotatable bonds is 4. The van der Waals surface area contributed by atoms with Crippen LogP contribution in [0.25, 0.3) is 21.7 Å². The lowest BCUT2D eigenvalue weighted by Gasteiger charge is -2.37. The average Bonchev–Trinajstić information content (AvgIpc) is 2.89. The molecule has 1 fully saturated rings. The van der Waals surface area contributed by atoms with E-state index in [0.717, 1.165) is 16.7 Å². The van der Waals surface area contributed by atoms with Crippen LogP contribution in [0, 0.1) is 0 Å². The Kier molecular flexibility index (Phi) is 5.95. The summed E-state index contributed by atoms with van der Waals surface area (Å²) in [6, 6.07) is 8.70. The van der Waals surface area contributed by atoms with Crippen molar-refractivity contribution in [2.75, 3.05) is 50.6 Å². The molecule has 0 aliphatic carbocycles. The lowest BCUT2D eigenvalue weighted by atomic mass is 10.2. The molecule has 1 aliphatic heterocycles. The monoisotopic (exact) mass is 493 g/mol. The van der Waals surface area contributed by atoms with Crippen molar-refractivity contribution in [1.82, 2.24) is 25.1 Å². The van der Waals surface area contributed by atoms with Crippen molar-refractivity contribution in [2.24, 2.45) is 0 Å². The van der Waals surface area contributed by atoms with Crippen molar-refractivity contribution < 1.29 is 9.47 Å². The number of nitrogens with one attached hydrogen (secondary N) is 3. The van der Waals surface area contributed by atoms with E-state index in [2.05, 4.69) is 35.3 Å². The van der Waals surface area contributed by atoms with Crippen molar-refractivity contribution in [3.05, 3.63) is 57.4 Å². The number of hydrogen-bond acceptors (Lipinski definition) is 8. The summed E-state index contributed by atoms with van der Waals surface area (Å²) in [6.07, 6.45) is 1.55. The SMILES string of the molecule is COc1cc2ncnc(N3CCN(C(=S)Nc4ccc5c(=O)[nH][nH]c(=O)c5c4)CC3)c2cc1OC. The summed E-state index contributed by atoms with van der Waals surface area (Å²) < 4.78 is 10.9. The Morgan fingerprint density at radius 1 is 0.914 bits per heavy atom. The van der Waals surface area contributed by atoms with E-state index >= 15 is 0 Å². The molecule has 1 aliphatic rings. The number of ether oxygens (including phenoxy) is 2. The van der Waals surface area contributed by atoms with Gasteiger partial charge in [0, 0.05) is 43.3 Å². The van der Waals surface area contributed by atoms with Crippen molar-refractivity contribution in [3.63, 3.8) is 0 Å². The highest BCUT2D eigenvalue weighted by Crippen LogP contribution is 2.35. The lowest BCUT2D eigenvalue weighted by Crippen LogP contribution is -2.50. The Morgan fingerprint density at radius 3 is 2.31 bits per heavy atom. The van der Waals surface area contributed by atoms with Crippen LogP contribution in [0.2, 0.25) is 0 Å². The van der Waals surface area contributed by atoms with Gasteiger partial charge in [-0.2, -0.15) is 0 Å². The number of aromatic amines is 2. The van der Waals surface area contributed by atoms with Crippen LogP contribution in [0.3, 0.4) is 0 Å². The quantitative estimate of drug-likeness (QED) is 0.361. The number of fused-ring (bicyclic) bond motifs is 2. The van der Waals surface area contributed by atoms with Gasteiger partial charge in [-0.15, -0.1) is 0 Å². The van der Waals surface area contributed by atoms with E-state index < -0.39 is 0 Å². The van der Waals surface area contributed by atoms with Crippen molar-refractivity contribution in [1.29, 1.82) is 0 Å². The van der Waals surface area contributed by atoms with Gasteiger partial charge >= 0.3 is 0 Å². The molecule has 4 aromatic rings. The molecule has 2 aromatic heterocycles. The fourth-order valence-electron chi connectivity index (χ4n) is 4.20. The molecule has 3 N–H and O–H groups in total. The van der Waals surface area contributed by atoms with Gasteiger partial charge in [0.05, 0.1) is 30.5 Å². The minimum Gasteiger partial charge on any atom is -0.493 e. The molecular weight excluding hydrogens is 470 g/mol. The van der Waals surface area contributed by atoms with Gasteiger partial charge in [-0.1, -0.05) is 0 Å². The number of nitrogens with zero attached hydrogens (tertiary/aromatic N) is 4. The molecule has 2 aromatic carbocycles. The first-order valence-electron chi connectivity index (χ1n) is 10.9. The molecule has 5 rings (SSSR count). The number of benzene rings is 2. The summed E-state index contributed by atoms with van der Waals surface area (Å²) in [5.41, 5.74) is 0.702. The van der Waals surface area contributed by atoms with E-state index in [9.17, 15) is 9.59 Å². The molecule has 35 heavy (non-hydrogen) atoms. The molecule has 1 saturated heterocycles. The summed E-state index contributed by atoms with van der Waals surface area (Å²) in [6.45, 7) is 2.76. The van der Waals surface area contributed by atoms with E-state index in [1.54, 1.807) is 38.7 Å². The fourth-order valence-corrected chi connectivity index (χ4v) is 4.50. The Balaban J connectivity index is 1.31. The number of anilines is 2. The fraction of sp³-hybridized carbons (Fsp3) is 0.261. The highest BCUT2D eigenvalue weighted by atomic mass is 32.1. The average molecular weight is 494 g/mol. The molecule has 11 nitrogen and oxygen atoms in total. The molecule has 0 spiro atoms. The van der Waals surface area contributed by atoms with E-state index in [-0.39, 0.29) is 11.1 Å².